The van der Waals surface area contributed by atoms with Gasteiger partial charge in [0.2, 0.25) is 0 Å². The monoisotopic (exact) mass is 204 g/mol. The fourth-order valence-electron chi connectivity index (χ4n) is 0. The Morgan fingerprint density at radius 3 is 1.29 bits per heavy atom. The van der Waals surface area contributed by atoms with Crippen LogP contribution in [-0.4, -0.2) is 6.16 Å². The van der Waals surface area contributed by atoms with Crippen LogP contribution in [0.2, 0.25) is 0 Å². The Labute approximate surface area is 64.1 Å². The third-order valence-electron chi connectivity index (χ3n) is 0. The van der Waals surface area contributed by atoms with E-state index in [-0.39, 0.29) is 42.7 Å². The smallest absolute Gasteiger partial charge is 0.652 e. The summed E-state index contributed by atoms with van der Waals surface area (Å²) in [7, 11) is 0. The van der Waals surface area contributed by atoms with Gasteiger partial charge in [-0.05, 0) is 6.16 Å². The maximum Gasteiger partial charge on any atom is 2.00 e. The number of carboxylic acid groups (broad SMARTS) is 2. The normalized spacial score (nSPS) is 3.43. The van der Waals surface area contributed by atoms with Gasteiger partial charge in [0.05, 0.1) is 0 Å². The predicted molar refractivity (Wildman–Crippen MR) is 10.4 cm³/mol. The molecule has 7 heavy (non-hydrogen) atoms. The zero-order valence-corrected chi connectivity index (χ0v) is 7.35. The van der Waals surface area contributed by atoms with Gasteiger partial charge in [-0.1, -0.05) is 0 Å². The van der Waals surface area contributed by atoms with Gasteiger partial charge in [-0.2, -0.15) is 0 Å². The molecule has 0 aromatic heterocycles. The van der Waals surface area contributed by atoms with E-state index in [4.69, 9.17) is 15.0 Å². The van der Waals surface area contributed by atoms with Gasteiger partial charge in [0.15, 0.2) is 0 Å². The molecule has 0 aliphatic heterocycles. The summed E-state index contributed by atoms with van der Waals surface area (Å²) >= 11 is 0. The van der Waals surface area contributed by atoms with Crippen LogP contribution >= 0.6 is 0 Å². The van der Waals surface area contributed by atoms with E-state index in [0.29, 0.717) is 0 Å². The molecule has 1 radical (unpaired) electrons. The van der Waals surface area contributed by atoms with Crippen molar-refractivity contribution >= 4 is 6.16 Å². The van der Waals surface area contributed by atoms with Crippen molar-refractivity contribution in [2.24, 2.45) is 0 Å². The topological polar surface area (TPSA) is 98.2 Å². The van der Waals surface area contributed by atoms with Crippen molar-refractivity contribution in [3.05, 3.63) is 0 Å². The van der Waals surface area contributed by atoms with Crippen LogP contribution in [0.4, 0.5) is 4.79 Å². The van der Waals surface area contributed by atoms with Crippen LogP contribution in [0.1, 0.15) is 0 Å². The SMILES string of the molecule is N.O=C([O-])[O-].[Cu+2].[Zn+2]. The summed E-state index contributed by atoms with van der Waals surface area (Å²) in [4.78, 5) is 8.33. The van der Waals surface area contributed by atoms with Crippen LogP contribution in [-0.2, 0) is 36.5 Å². The zero-order valence-electron chi connectivity index (χ0n) is 3.44. The molecule has 3 N–H and O–H groups in total. The molecule has 0 saturated heterocycles. The molecule has 41 valence electrons. The van der Waals surface area contributed by atoms with E-state index in [1.807, 2.05) is 0 Å². The fraction of sp³-hybridized carbons (Fsp3) is 0. The minimum Gasteiger partial charge on any atom is -0.652 e. The van der Waals surface area contributed by atoms with E-state index in [9.17, 15) is 0 Å². The van der Waals surface area contributed by atoms with Gasteiger partial charge in [0, 0.05) is 0 Å². The second kappa shape index (κ2) is 16.2. The molecular weight excluding hydrogens is 203 g/mol. The maximum atomic E-state index is 8.33. The Bertz CT molecular complexity index is 37.9. The molecule has 0 aliphatic carbocycles. The molecule has 6 heteroatoms. The van der Waals surface area contributed by atoms with Gasteiger partial charge in [-0.3, -0.25) is 0 Å². The Kier molecular flexibility index (Phi) is 60.8. The minimum atomic E-state index is -2.33. The molecule has 0 spiro atoms. The molecule has 0 heterocycles. The van der Waals surface area contributed by atoms with Crippen molar-refractivity contribution in [1.82, 2.24) is 6.15 Å². The number of carbonyl (C=O) groups excluding carboxylic acids is 1. The first-order chi connectivity index (χ1) is 1.73. The summed E-state index contributed by atoms with van der Waals surface area (Å²) in [5.41, 5.74) is 0. The Morgan fingerprint density at radius 1 is 1.29 bits per heavy atom. The van der Waals surface area contributed by atoms with E-state index >= 15 is 0 Å². The molecule has 0 aromatic rings. The molecule has 0 fully saturated rings. The molecule has 0 saturated carbocycles. The fourth-order valence-corrected chi connectivity index (χ4v) is 0. The summed E-state index contributed by atoms with van der Waals surface area (Å²) in [5, 5.41) is 16.7. The van der Waals surface area contributed by atoms with E-state index in [1.165, 1.54) is 0 Å². The molecule has 4 nitrogen and oxygen atoms in total. The maximum absolute atomic E-state index is 8.33. The van der Waals surface area contributed by atoms with Crippen LogP contribution < -0.4 is 16.4 Å². The van der Waals surface area contributed by atoms with Crippen molar-refractivity contribution in [3.63, 3.8) is 0 Å². The number of hydrogen-bond acceptors (Lipinski definition) is 4. The number of rotatable bonds is 0. The van der Waals surface area contributed by atoms with E-state index in [0.717, 1.165) is 0 Å². The zero-order chi connectivity index (χ0) is 3.58. The van der Waals surface area contributed by atoms with Gasteiger partial charge in [0.25, 0.3) is 0 Å². The summed E-state index contributed by atoms with van der Waals surface area (Å²) in [6.45, 7) is 0. The quantitative estimate of drug-likeness (QED) is 0.451. The van der Waals surface area contributed by atoms with E-state index < -0.39 is 6.16 Å². The summed E-state index contributed by atoms with van der Waals surface area (Å²) in [6.07, 6.45) is -2.33. The average Bonchev–Trinajstić information content (AvgIpc) is 0.811. The minimum absolute atomic E-state index is 0. The van der Waals surface area contributed by atoms with Gasteiger partial charge in [0.1, 0.15) is 0 Å². The molecule has 0 atom stereocenters. The van der Waals surface area contributed by atoms with Crippen LogP contribution in [0, 0.1) is 0 Å². The van der Waals surface area contributed by atoms with Crippen molar-refractivity contribution in [2.75, 3.05) is 0 Å². The second-order valence-corrected chi connectivity index (χ2v) is 0.250. The first kappa shape index (κ1) is 26.3. The van der Waals surface area contributed by atoms with Crippen molar-refractivity contribution in [1.29, 1.82) is 0 Å². The molecule has 0 unspecified atom stereocenters. The Morgan fingerprint density at radius 2 is 1.29 bits per heavy atom. The van der Waals surface area contributed by atoms with Crippen molar-refractivity contribution < 1.29 is 51.6 Å². The van der Waals surface area contributed by atoms with Crippen LogP contribution in [0.15, 0.2) is 0 Å². The second-order valence-electron chi connectivity index (χ2n) is 0.250. The van der Waals surface area contributed by atoms with Crippen LogP contribution in [0.5, 0.6) is 0 Å². The van der Waals surface area contributed by atoms with Gasteiger partial charge in [-0.15, -0.1) is 0 Å². The van der Waals surface area contributed by atoms with Crippen molar-refractivity contribution in [3.8, 4) is 0 Å². The number of carbonyl (C=O) groups is 1. The largest absolute Gasteiger partial charge is 2.00 e. The average molecular weight is 206 g/mol. The number of hydrogen-bond donors (Lipinski definition) is 1. The third kappa shape index (κ3) is 877. The Balaban J connectivity index is -0.0000000150. The first-order valence-electron chi connectivity index (χ1n) is 0.612. The molecule has 0 aromatic carbocycles. The molecular formula is CH3CuNO3Zn+2. The van der Waals surface area contributed by atoms with Crippen LogP contribution in [0.25, 0.3) is 0 Å². The standard InChI is InChI=1S/CH2O3.Cu.H3N.Zn/c2-1(3)4;;;/h(H2,2,3,4);;1H3;/q;+2;;+2/p-2. The molecule has 0 amide bonds. The third-order valence-corrected chi connectivity index (χ3v) is 0. The predicted octanol–water partition coefficient (Wildman–Crippen LogP) is -2.29. The van der Waals surface area contributed by atoms with Gasteiger partial charge in [-0.25, -0.2) is 0 Å². The summed E-state index contributed by atoms with van der Waals surface area (Å²) < 4.78 is 0. The molecule has 0 rings (SSSR count). The van der Waals surface area contributed by atoms with Gasteiger partial charge < -0.3 is 21.2 Å². The summed E-state index contributed by atoms with van der Waals surface area (Å²) in [5.74, 6) is 0. The van der Waals surface area contributed by atoms with Crippen LogP contribution in [0.3, 0.4) is 0 Å². The van der Waals surface area contributed by atoms with E-state index in [1.54, 1.807) is 0 Å². The van der Waals surface area contributed by atoms with E-state index in [2.05, 4.69) is 0 Å². The summed E-state index contributed by atoms with van der Waals surface area (Å²) in [6, 6.07) is 0. The van der Waals surface area contributed by atoms with Crippen molar-refractivity contribution in [2.45, 2.75) is 0 Å². The molecule has 0 bridgehead atoms. The Hall–Kier alpha value is 0.373. The first-order valence-corrected chi connectivity index (χ1v) is 0.612. The van der Waals surface area contributed by atoms with Gasteiger partial charge >= 0.3 is 36.5 Å². The molecule has 0 aliphatic rings.